The second-order valence-electron chi connectivity index (χ2n) is 6.65. The number of aromatic nitrogens is 1. The quantitative estimate of drug-likeness (QED) is 0.310. The van der Waals surface area contributed by atoms with E-state index in [1.165, 1.54) is 77.0 Å². The van der Waals surface area contributed by atoms with Gasteiger partial charge in [-0.15, -0.1) is 0 Å². The molecule has 1 rings (SSSR count). The SMILES string of the molecule is CCCCCCCc1cc[n+](CC)cc1CCCCCCC. The first-order chi connectivity index (χ1) is 10.8. The Morgan fingerprint density at radius 1 is 0.682 bits per heavy atom. The summed E-state index contributed by atoms with van der Waals surface area (Å²) in [7, 11) is 0. The topological polar surface area (TPSA) is 3.88 Å². The van der Waals surface area contributed by atoms with Crippen LogP contribution in [0.5, 0.6) is 0 Å². The van der Waals surface area contributed by atoms with Gasteiger partial charge in [-0.25, -0.2) is 4.57 Å². The highest BCUT2D eigenvalue weighted by Crippen LogP contribution is 2.15. The third kappa shape index (κ3) is 7.96. The van der Waals surface area contributed by atoms with Crippen LogP contribution in [0.1, 0.15) is 96.1 Å². The third-order valence-corrected chi connectivity index (χ3v) is 4.67. The van der Waals surface area contributed by atoms with Crippen LogP contribution < -0.4 is 4.57 Å². The number of pyridine rings is 1. The van der Waals surface area contributed by atoms with Crippen LogP contribution in [0.2, 0.25) is 0 Å². The number of aryl methyl sites for hydroxylation is 3. The molecular formula is C21H38N+. The molecule has 0 saturated heterocycles. The van der Waals surface area contributed by atoms with E-state index in [0.29, 0.717) is 0 Å². The summed E-state index contributed by atoms with van der Waals surface area (Å²) in [5.41, 5.74) is 3.22. The Balaban J connectivity index is 2.47. The summed E-state index contributed by atoms with van der Waals surface area (Å²) in [5.74, 6) is 0. The molecule has 1 aromatic heterocycles. The van der Waals surface area contributed by atoms with Crippen molar-refractivity contribution in [3.63, 3.8) is 0 Å². The molecule has 0 spiro atoms. The highest BCUT2D eigenvalue weighted by Gasteiger charge is 2.08. The zero-order valence-corrected chi connectivity index (χ0v) is 15.4. The summed E-state index contributed by atoms with van der Waals surface area (Å²) in [6.45, 7) is 7.89. The summed E-state index contributed by atoms with van der Waals surface area (Å²) in [6.07, 6.45) is 21.0. The number of nitrogens with zero attached hydrogens (tertiary/aromatic N) is 1. The molecule has 126 valence electrons. The highest BCUT2D eigenvalue weighted by atomic mass is 14.9. The summed E-state index contributed by atoms with van der Waals surface area (Å²) in [6, 6.07) is 2.38. The van der Waals surface area contributed by atoms with Gasteiger partial charge in [-0.3, -0.25) is 0 Å². The highest BCUT2D eigenvalue weighted by molar-refractivity contribution is 5.21. The Hall–Kier alpha value is -0.850. The van der Waals surface area contributed by atoms with Gasteiger partial charge >= 0.3 is 0 Å². The van der Waals surface area contributed by atoms with Gasteiger partial charge in [0, 0.05) is 11.6 Å². The average molecular weight is 305 g/mol. The molecule has 0 fully saturated rings. The Labute approximate surface area is 139 Å². The molecule has 0 atom stereocenters. The number of hydrogen-bond acceptors (Lipinski definition) is 0. The van der Waals surface area contributed by atoms with Crippen molar-refractivity contribution in [2.45, 2.75) is 104 Å². The summed E-state index contributed by atoms with van der Waals surface area (Å²) >= 11 is 0. The van der Waals surface area contributed by atoms with E-state index in [9.17, 15) is 0 Å². The lowest BCUT2D eigenvalue weighted by atomic mass is 9.98. The minimum atomic E-state index is 1.08. The third-order valence-electron chi connectivity index (χ3n) is 4.67. The van der Waals surface area contributed by atoms with E-state index in [1.807, 2.05) is 0 Å². The van der Waals surface area contributed by atoms with Gasteiger partial charge < -0.3 is 0 Å². The first kappa shape index (κ1) is 19.2. The molecule has 0 aliphatic carbocycles. The van der Waals surface area contributed by atoms with Crippen LogP contribution in [0.3, 0.4) is 0 Å². The predicted molar refractivity (Wildman–Crippen MR) is 97.2 cm³/mol. The second-order valence-corrected chi connectivity index (χ2v) is 6.65. The predicted octanol–water partition coefficient (Wildman–Crippen LogP) is 6.02. The van der Waals surface area contributed by atoms with Crippen molar-refractivity contribution >= 4 is 0 Å². The maximum atomic E-state index is 2.40. The van der Waals surface area contributed by atoms with Crippen LogP contribution in [-0.2, 0) is 19.4 Å². The zero-order valence-electron chi connectivity index (χ0n) is 15.4. The van der Waals surface area contributed by atoms with Gasteiger partial charge in [0.25, 0.3) is 0 Å². The molecule has 0 radical (unpaired) electrons. The van der Waals surface area contributed by atoms with E-state index in [0.717, 1.165) is 6.54 Å². The normalized spacial score (nSPS) is 11.0. The molecule has 0 bridgehead atoms. The van der Waals surface area contributed by atoms with E-state index in [-0.39, 0.29) is 0 Å². The first-order valence-electron chi connectivity index (χ1n) is 9.82. The van der Waals surface area contributed by atoms with E-state index >= 15 is 0 Å². The van der Waals surface area contributed by atoms with Gasteiger partial charge in [-0.05, 0) is 38.2 Å². The molecule has 0 aliphatic heterocycles. The standard InChI is InChI=1S/C21H38N/c1-4-7-9-11-13-15-20-17-18-22(6-3)19-21(20)16-14-12-10-8-5-2/h17-19H,4-16H2,1-3H3/q+1. The van der Waals surface area contributed by atoms with E-state index in [1.54, 1.807) is 11.1 Å². The van der Waals surface area contributed by atoms with Crippen LogP contribution >= 0.6 is 0 Å². The first-order valence-corrected chi connectivity index (χ1v) is 9.82. The Bertz CT molecular complexity index is 383. The lowest BCUT2D eigenvalue weighted by molar-refractivity contribution is -0.694. The minimum Gasteiger partial charge on any atom is -0.205 e. The Morgan fingerprint density at radius 3 is 1.77 bits per heavy atom. The maximum absolute atomic E-state index is 2.40. The van der Waals surface area contributed by atoms with E-state index < -0.39 is 0 Å². The maximum Gasteiger partial charge on any atom is 0.172 e. The largest absolute Gasteiger partial charge is 0.205 e. The van der Waals surface area contributed by atoms with E-state index in [4.69, 9.17) is 0 Å². The van der Waals surface area contributed by atoms with Gasteiger partial charge in [0.2, 0.25) is 0 Å². The average Bonchev–Trinajstić information content (AvgIpc) is 2.55. The smallest absolute Gasteiger partial charge is 0.172 e. The summed E-state index contributed by atoms with van der Waals surface area (Å²) < 4.78 is 2.34. The van der Waals surface area contributed by atoms with Crippen LogP contribution in [0.4, 0.5) is 0 Å². The van der Waals surface area contributed by atoms with Crippen molar-refractivity contribution in [1.29, 1.82) is 0 Å². The van der Waals surface area contributed by atoms with Crippen molar-refractivity contribution < 1.29 is 4.57 Å². The molecule has 1 nitrogen and oxygen atoms in total. The fourth-order valence-electron chi connectivity index (χ4n) is 3.12. The van der Waals surface area contributed by atoms with Crippen molar-refractivity contribution in [3.05, 3.63) is 29.6 Å². The Morgan fingerprint density at radius 2 is 1.23 bits per heavy atom. The molecule has 0 aliphatic rings. The second kappa shape index (κ2) is 12.7. The van der Waals surface area contributed by atoms with Crippen molar-refractivity contribution in [2.75, 3.05) is 0 Å². The van der Waals surface area contributed by atoms with Gasteiger partial charge in [-0.1, -0.05) is 65.2 Å². The molecule has 0 saturated carbocycles. The van der Waals surface area contributed by atoms with Gasteiger partial charge in [-0.2, -0.15) is 0 Å². The van der Waals surface area contributed by atoms with Crippen LogP contribution in [-0.4, -0.2) is 0 Å². The molecule has 0 aromatic carbocycles. The zero-order chi connectivity index (χ0) is 16.0. The number of hydrogen-bond donors (Lipinski definition) is 0. The monoisotopic (exact) mass is 304 g/mol. The molecule has 1 heterocycles. The lowest BCUT2D eigenvalue weighted by Crippen LogP contribution is -2.32. The summed E-state index contributed by atoms with van der Waals surface area (Å²) in [5, 5.41) is 0. The van der Waals surface area contributed by atoms with Crippen molar-refractivity contribution in [1.82, 2.24) is 0 Å². The number of unbranched alkanes of at least 4 members (excludes halogenated alkanes) is 8. The number of rotatable bonds is 13. The molecule has 22 heavy (non-hydrogen) atoms. The van der Waals surface area contributed by atoms with Gasteiger partial charge in [0.05, 0.1) is 0 Å². The molecule has 0 amide bonds. The van der Waals surface area contributed by atoms with E-state index in [2.05, 4.69) is 43.8 Å². The minimum absolute atomic E-state index is 1.08. The van der Waals surface area contributed by atoms with Crippen LogP contribution in [0.15, 0.2) is 18.5 Å². The lowest BCUT2D eigenvalue weighted by Gasteiger charge is -2.09. The molecule has 0 N–H and O–H groups in total. The summed E-state index contributed by atoms with van der Waals surface area (Å²) in [4.78, 5) is 0. The fourth-order valence-corrected chi connectivity index (χ4v) is 3.12. The van der Waals surface area contributed by atoms with Gasteiger partial charge in [0.1, 0.15) is 6.54 Å². The molecule has 1 aromatic rings. The Kier molecular flexibility index (Phi) is 11.1. The fraction of sp³-hybridized carbons (Fsp3) is 0.762. The van der Waals surface area contributed by atoms with Crippen LogP contribution in [0, 0.1) is 0 Å². The molecular weight excluding hydrogens is 266 g/mol. The van der Waals surface area contributed by atoms with Crippen molar-refractivity contribution in [2.24, 2.45) is 0 Å². The molecule has 1 heteroatoms. The van der Waals surface area contributed by atoms with Crippen LogP contribution in [0.25, 0.3) is 0 Å². The van der Waals surface area contributed by atoms with Gasteiger partial charge in [0.15, 0.2) is 12.4 Å². The molecule has 0 unspecified atom stereocenters. The van der Waals surface area contributed by atoms with Crippen molar-refractivity contribution in [3.8, 4) is 0 Å².